The van der Waals surface area contributed by atoms with Gasteiger partial charge in [0.1, 0.15) is 6.10 Å². The monoisotopic (exact) mass is 352 g/mol. The summed E-state index contributed by atoms with van der Waals surface area (Å²) in [5, 5.41) is 0. The van der Waals surface area contributed by atoms with Crippen molar-refractivity contribution in [3.63, 3.8) is 0 Å². The van der Waals surface area contributed by atoms with Crippen molar-refractivity contribution in [1.82, 2.24) is 0 Å². The van der Waals surface area contributed by atoms with Gasteiger partial charge in [-0.1, -0.05) is 81.6 Å². The molecule has 26 heavy (non-hydrogen) atoms. The summed E-state index contributed by atoms with van der Waals surface area (Å²) < 4.78 is 11.8. The van der Waals surface area contributed by atoms with Gasteiger partial charge >= 0.3 is 0 Å². The van der Waals surface area contributed by atoms with Gasteiger partial charge in [-0.15, -0.1) is 0 Å². The molecule has 2 atom stereocenters. The van der Waals surface area contributed by atoms with Crippen LogP contribution in [0.5, 0.6) is 0 Å². The van der Waals surface area contributed by atoms with Crippen molar-refractivity contribution in [2.24, 2.45) is 0 Å². The van der Waals surface area contributed by atoms with Gasteiger partial charge < -0.3 is 9.47 Å². The highest BCUT2D eigenvalue weighted by molar-refractivity contribution is 5.64. The van der Waals surface area contributed by atoms with Crippen LogP contribution in [-0.4, -0.2) is 19.3 Å². The summed E-state index contributed by atoms with van der Waals surface area (Å²) in [7, 11) is 0. The molecule has 1 aliphatic rings. The molecule has 1 heterocycles. The molecule has 1 aliphatic heterocycles. The van der Waals surface area contributed by atoms with E-state index in [-0.39, 0.29) is 12.2 Å². The maximum Gasteiger partial charge on any atom is 0.106 e. The van der Waals surface area contributed by atoms with Crippen molar-refractivity contribution >= 4 is 0 Å². The fourth-order valence-corrected chi connectivity index (χ4v) is 3.48. The number of rotatable bonds is 8. The first-order valence-electron chi connectivity index (χ1n) is 10.2. The van der Waals surface area contributed by atoms with Crippen LogP contribution in [0.4, 0.5) is 0 Å². The minimum Gasteiger partial charge on any atom is -0.373 e. The molecular weight excluding hydrogens is 320 g/mol. The van der Waals surface area contributed by atoms with Crippen LogP contribution in [0.25, 0.3) is 11.1 Å². The zero-order valence-corrected chi connectivity index (χ0v) is 16.2. The number of hydrogen-bond donors (Lipinski definition) is 0. The summed E-state index contributed by atoms with van der Waals surface area (Å²) in [5.41, 5.74) is 5.19. The van der Waals surface area contributed by atoms with E-state index in [1.807, 2.05) is 0 Å². The maximum atomic E-state index is 5.96. The van der Waals surface area contributed by atoms with Crippen LogP contribution in [0.1, 0.15) is 63.2 Å². The molecule has 0 radical (unpaired) electrons. The molecule has 0 aromatic heterocycles. The van der Waals surface area contributed by atoms with E-state index in [4.69, 9.17) is 9.47 Å². The Morgan fingerprint density at radius 1 is 0.769 bits per heavy atom. The molecule has 0 bridgehead atoms. The Morgan fingerprint density at radius 3 is 2.04 bits per heavy atom. The summed E-state index contributed by atoms with van der Waals surface area (Å²) in [5.74, 6) is 0. The predicted octanol–water partition coefficient (Wildman–Crippen LogP) is 6.34. The van der Waals surface area contributed by atoms with Gasteiger partial charge in [0.2, 0.25) is 0 Å². The van der Waals surface area contributed by atoms with Crippen LogP contribution < -0.4 is 0 Å². The number of benzene rings is 2. The molecule has 140 valence electrons. The first-order valence-corrected chi connectivity index (χ1v) is 10.2. The van der Waals surface area contributed by atoms with E-state index < -0.39 is 0 Å². The number of aryl methyl sites for hydroxylation is 1. The van der Waals surface area contributed by atoms with E-state index in [1.54, 1.807) is 0 Å². The van der Waals surface area contributed by atoms with Crippen LogP contribution in [0.2, 0.25) is 0 Å². The summed E-state index contributed by atoms with van der Waals surface area (Å²) in [6, 6.07) is 17.8. The summed E-state index contributed by atoms with van der Waals surface area (Å²) in [4.78, 5) is 0. The summed E-state index contributed by atoms with van der Waals surface area (Å²) in [6.45, 7) is 5.75. The third-order valence-corrected chi connectivity index (χ3v) is 5.31. The SMILES string of the molecule is CCCCCCc1ccc(-c2ccc([C@@H]3CO[C@@H](CC)CO3)cc2)cc1. The second-order valence-electron chi connectivity index (χ2n) is 7.32. The van der Waals surface area contributed by atoms with Crippen LogP contribution in [-0.2, 0) is 15.9 Å². The first-order chi connectivity index (χ1) is 12.8. The van der Waals surface area contributed by atoms with E-state index in [2.05, 4.69) is 62.4 Å². The van der Waals surface area contributed by atoms with Gasteiger partial charge in [-0.05, 0) is 41.5 Å². The molecule has 2 aromatic carbocycles. The standard InChI is InChI=1S/C24H32O2/c1-3-5-6-7-8-19-9-11-20(12-10-19)21-13-15-22(16-14-21)24-18-25-23(4-2)17-26-24/h9-16,23-24H,3-8,17-18H2,1-2H3/t23-,24-/m0/s1. The lowest BCUT2D eigenvalue weighted by molar-refractivity contribution is -0.135. The van der Waals surface area contributed by atoms with Crippen molar-refractivity contribution < 1.29 is 9.47 Å². The molecule has 1 saturated heterocycles. The molecule has 2 heteroatoms. The lowest BCUT2D eigenvalue weighted by Crippen LogP contribution is -2.30. The zero-order chi connectivity index (χ0) is 18.2. The Kier molecular flexibility index (Phi) is 7.28. The Bertz CT molecular complexity index is 637. The highest BCUT2D eigenvalue weighted by atomic mass is 16.6. The normalized spacial score (nSPS) is 20.2. The molecule has 0 N–H and O–H groups in total. The van der Waals surface area contributed by atoms with Gasteiger partial charge in [0, 0.05) is 0 Å². The van der Waals surface area contributed by atoms with Crippen LogP contribution >= 0.6 is 0 Å². The van der Waals surface area contributed by atoms with E-state index in [0.717, 1.165) is 6.42 Å². The third kappa shape index (κ3) is 5.18. The van der Waals surface area contributed by atoms with Crippen molar-refractivity contribution in [3.8, 4) is 11.1 Å². The quantitative estimate of drug-likeness (QED) is 0.516. The van der Waals surface area contributed by atoms with Crippen LogP contribution in [0.3, 0.4) is 0 Å². The molecule has 1 fully saturated rings. The van der Waals surface area contributed by atoms with E-state index in [9.17, 15) is 0 Å². The molecule has 3 rings (SSSR count). The van der Waals surface area contributed by atoms with Crippen molar-refractivity contribution in [3.05, 3.63) is 59.7 Å². The van der Waals surface area contributed by atoms with Crippen LogP contribution in [0.15, 0.2) is 48.5 Å². The van der Waals surface area contributed by atoms with E-state index >= 15 is 0 Å². The molecule has 2 aromatic rings. The molecule has 0 saturated carbocycles. The molecule has 2 nitrogen and oxygen atoms in total. The molecular formula is C24H32O2. The fraction of sp³-hybridized carbons (Fsp3) is 0.500. The van der Waals surface area contributed by atoms with Gasteiger partial charge in [-0.25, -0.2) is 0 Å². The smallest absolute Gasteiger partial charge is 0.106 e. The second-order valence-corrected chi connectivity index (χ2v) is 7.32. The Hall–Kier alpha value is -1.64. The van der Waals surface area contributed by atoms with Crippen molar-refractivity contribution in [2.75, 3.05) is 13.2 Å². The molecule has 0 spiro atoms. The molecule has 0 amide bonds. The Labute approximate surface area is 158 Å². The average molecular weight is 353 g/mol. The van der Waals surface area contributed by atoms with E-state index in [1.165, 1.54) is 54.4 Å². The predicted molar refractivity (Wildman–Crippen MR) is 108 cm³/mol. The first kappa shape index (κ1) is 19.1. The fourth-order valence-electron chi connectivity index (χ4n) is 3.48. The summed E-state index contributed by atoms with van der Waals surface area (Å²) in [6.07, 6.45) is 7.81. The van der Waals surface area contributed by atoms with Gasteiger partial charge in [0.25, 0.3) is 0 Å². The van der Waals surface area contributed by atoms with Crippen LogP contribution in [0, 0.1) is 0 Å². The van der Waals surface area contributed by atoms with Gasteiger partial charge in [0.15, 0.2) is 0 Å². The average Bonchev–Trinajstić information content (AvgIpc) is 2.72. The maximum absolute atomic E-state index is 5.96. The highest BCUT2D eigenvalue weighted by Crippen LogP contribution is 2.27. The Balaban J connectivity index is 1.56. The molecule has 0 aliphatic carbocycles. The number of ether oxygens (including phenoxy) is 2. The largest absolute Gasteiger partial charge is 0.373 e. The van der Waals surface area contributed by atoms with Gasteiger partial charge in [-0.2, -0.15) is 0 Å². The molecule has 0 unspecified atom stereocenters. The van der Waals surface area contributed by atoms with Gasteiger partial charge in [0.05, 0.1) is 19.3 Å². The highest BCUT2D eigenvalue weighted by Gasteiger charge is 2.22. The topological polar surface area (TPSA) is 18.5 Å². The lowest BCUT2D eigenvalue weighted by atomic mass is 9.99. The van der Waals surface area contributed by atoms with Gasteiger partial charge in [-0.3, -0.25) is 0 Å². The minimum atomic E-state index is 0.0670. The minimum absolute atomic E-state index is 0.0670. The second kappa shape index (κ2) is 9.89. The third-order valence-electron chi connectivity index (χ3n) is 5.31. The van der Waals surface area contributed by atoms with E-state index in [0.29, 0.717) is 13.2 Å². The number of unbranched alkanes of at least 4 members (excludes halogenated alkanes) is 3. The van der Waals surface area contributed by atoms with Crippen molar-refractivity contribution in [2.45, 2.75) is 64.6 Å². The number of hydrogen-bond acceptors (Lipinski definition) is 2. The lowest BCUT2D eigenvalue weighted by Gasteiger charge is -2.29. The Morgan fingerprint density at radius 2 is 1.46 bits per heavy atom. The van der Waals surface area contributed by atoms with Crippen molar-refractivity contribution in [1.29, 1.82) is 0 Å². The zero-order valence-electron chi connectivity index (χ0n) is 16.2. The summed E-state index contributed by atoms with van der Waals surface area (Å²) >= 11 is 0.